The number of carboxylic acid groups (broad SMARTS) is 1. The summed E-state index contributed by atoms with van der Waals surface area (Å²) in [6.45, 7) is 3.73. The number of nitrogens with zero attached hydrogens (tertiary/aromatic N) is 5. The molecule has 15 heteroatoms. The lowest BCUT2D eigenvalue weighted by Crippen LogP contribution is -2.40. The molecular formula is C29H30F2N6O6S. The number of carboxylic acids is 1. The first-order valence-electron chi connectivity index (χ1n) is 14.0. The molecule has 3 aromatic rings. The van der Waals surface area contributed by atoms with Gasteiger partial charge in [-0.25, -0.2) is 22.2 Å². The molecule has 1 fully saturated rings. The van der Waals surface area contributed by atoms with Crippen molar-refractivity contribution in [2.24, 2.45) is 11.7 Å². The third-order valence-electron chi connectivity index (χ3n) is 8.60. The topological polar surface area (TPSA) is 170 Å². The van der Waals surface area contributed by atoms with Gasteiger partial charge >= 0.3 is 5.97 Å². The van der Waals surface area contributed by atoms with Crippen LogP contribution < -0.4 is 10.5 Å². The number of fused-ring (bicyclic) bond motifs is 2. The highest BCUT2D eigenvalue weighted by Crippen LogP contribution is 2.46. The summed E-state index contributed by atoms with van der Waals surface area (Å²) in [5, 5.41) is 17.4. The summed E-state index contributed by atoms with van der Waals surface area (Å²) in [6, 6.07) is 2.79. The zero-order chi connectivity index (χ0) is 31.6. The number of hydrogen-bond donors (Lipinski definition) is 2. The van der Waals surface area contributed by atoms with Crippen molar-refractivity contribution in [3.63, 3.8) is 0 Å². The lowest BCUT2D eigenvalue weighted by Gasteiger charge is -2.30. The van der Waals surface area contributed by atoms with Crippen LogP contribution in [0.2, 0.25) is 0 Å². The van der Waals surface area contributed by atoms with E-state index in [1.54, 1.807) is 13.0 Å². The molecule has 1 unspecified atom stereocenters. The van der Waals surface area contributed by atoms with E-state index < -0.39 is 45.7 Å². The van der Waals surface area contributed by atoms with Gasteiger partial charge in [-0.15, -0.1) is 10.2 Å². The molecular weight excluding hydrogens is 598 g/mol. The number of hydrogen-bond acceptors (Lipinski definition) is 8. The molecule has 4 heterocycles. The normalized spacial score (nSPS) is 21.2. The molecule has 3 aliphatic rings. The maximum Gasteiger partial charge on any atom is 0.304 e. The Bertz CT molecular complexity index is 1870. The van der Waals surface area contributed by atoms with Crippen LogP contribution in [0, 0.1) is 12.8 Å². The van der Waals surface area contributed by atoms with Crippen LogP contribution >= 0.6 is 0 Å². The predicted octanol–water partition coefficient (Wildman–Crippen LogP) is 3.54. The van der Waals surface area contributed by atoms with Crippen LogP contribution in [0.1, 0.15) is 72.3 Å². The second-order valence-corrected chi connectivity index (χ2v) is 13.5. The Morgan fingerprint density at radius 2 is 2.02 bits per heavy atom. The zero-order valence-electron chi connectivity index (χ0n) is 23.9. The van der Waals surface area contributed by atoms with Crippen LogP contribution in [0.4, 0.5) is 8.78 Å². The summed E-state index contributed by atoms with van der Waals surface area (Å²) in [6.07, 6.45) is 5.05. The Morgan fingerprint density at radius 1 is 1.27 bits per heavy atom. The van der Waals surface area contributed by atoms with Crippen LogP contribution in [0.15, 0.2) is 52.7 Å². The first-order chi connectivity index (χ1) is 20.8. The molecule has 0 aromatic carbocycles. The molecule has 1 amide bonds. The summed E-state index contributed by atoms with van der Waals surface area (Å²) >= 11 is 0. The van der Waals surface area contributed by atoms with E-state index in [9.17, 15) is 31.9 Å². The number of pyridine rings is 2. The number of carbonyl (C=O) groups excluding carboxylic acids is 1. The van der Waals surface area contributed by atoms with Crippen molar-refractivity contribution in [2.75, 3.05) is 13.1 Å². The van der Waals surface area contributed by atoms with Crippen molar-refractivity contribution >= 4 is 27.5 Å². The van der Waals surface area contributed by atoms with Crippen LogP contribution in [0.3, 0.4) is 0 Å². The minimum absolute atomic E-state index is 0.00588. The van der Waals surface area contributed by atoms with Gasteiger partial charge in [0.15, 0.2) is 5.65 Å². The summed E-state index contributed by atoms with van der Waals surface area (Å²) < 4.78 is 63.4. The lowest BCUT2D eigenvalue weighted by atomic mass is 9.80. The predicted molar refractivity (Wildman–Crippen MR) is 152 cm³/mol. The molecule has 1 saturated carbocycles. The Kier molecular flexibility index (Phi) is 7.27. The Balaban J connectivity index is 1.37. The number of aryl methyl sites for hydroxylation is 1. The minimum atomic E-state index is -4.17. The summed E-state index contributed by atoms with van der Waals surface area (Å²) in [5.41, 5.74) is 7.36. The number of aromatic nitrogens is 4. The Morgan fingerprint density at radius 3 is 2.68 bits per heavy atom. The number of amides is 1. The highest BCUT2D eigenvalue weighted by atomic mass is 32.2. The van der Waals surface area contributed by atoms with Gasteiger partial charge in [-0.05, 0) is 60.9 Å². The van der Waals surface area contributed by atoms with Crippen LogP contribution in [0.5, 0.6) is 5.88 Å². The zero-order valence-corrected chi connectivity index (χ0v) is 24.7. The van der Waals surface area contributed by atoms with Crippen molar-refractivity contribution in [2.45, 2.75) is 62.4 Å². The number of sulfonamides is 1. The van der Waals surface area contributed by atoms with Crippen molar-refractivity contribution in [1.29, 1.82) is 0 Å². The number of allylic oxidation sites excluding steroid dienone is 3. The molecule has 0 saturated heterocycles. The van der Waals surface area contributed by atoms with Gasteiger partial charge in [0, 0.05) is 24.9 Å². The number of carbonyl (C=O) groups is 2. The van der Waals surface area contributed by atoms with Crippen molar-refractivity contribution < 1.29 is 36.6 Å². The molecule has 6 rings (SSSR count). The van der Waals surface area contributed by atoms with Gasteiger partial charge in [-0.2, -0.15) is 4.31 Å². The quantitative estimate of drug-likeness (QED) is 0.379. The average molecular weight is 629 g/mol. The first kappa shape index (κ1) is 29.8. The monoisotopic (exact) mass is 628 g/mol. The molecule has 0 radical (unpaired) electrons. The van der Waals surface area contributed by atoms with Gasteiger partial charge in [-0.1, -0.05) is 24.6 Å². The van der Waals surface area contributed by atoms with E-state index in [0.717, 1.165) is 5.57 Å². The Labute approximate surface area is 251 Å². The number of ether oxygens (including phenoxy) is 1. The lowest BCUT2D eigenvalue weighted by molar-refractivity contribution is -0.137. The van der Waals surface area contributed by atoms with Crippen LogP contribution in [0.25, 0.3) is 5.65 Å². The standard InChI is InChI=1S/C29H30F2N6O6S/c1-15-3-4-17(21(11-23(38)39)20-5-8-37-26(16(20)2)34-35-27(37)24(30)31)9-19(15)13-36-14-29(6-7-29)43-28-22(44(36,41)42)10-18(12-33-28)25(32)40/h4-5,8-10,12,15,21,24H,3,6-7,11,13-14H2,1-2H3,(H2,32,40)(H,38,39)/t15?,21-/m0/s1. The molecule has 3 aromatic heterocycles. The largest absolute Gasteiger partial charge is 0.481 e. The fourth-order valence-electron chi connectivity index (χ4n) is 5.90. The number of aliphatic carboxylic acids is 1. The second kappa shape index (κ2) is 10.7. The van der Waals surface area contributed by atoms with E-state index in [0.29, 0.717) is 36.0 Å². The van der Waals surface area contributed by atoms with Crippen LogP contribution in [-0.4, -0.2) is 68.0 Å². The summed E-state index contributed by atoms with van der Waals surface area (Å²) in [4.78, 5) is 27.7. The maximum absolute atomic E-state index is 14.0. The van der Waals surface area contributed by atoms with E-state index in [1.165, 1.54) is 27.2 Å². The van der Waals surface area contributed by atoms with Crippen LogP contribution in [-0.2, 0) is 14.8 Å². The third kappa shape index (κ3) is 5.23. The first-order valence-corrected chi connectivity index (χ1v) is 15.5. The molecule has 2 atom stereocenters. The molecule has 3 N–H and O–H groups in total. The molecule has 2 aliphatic carbocycles. The van der Waals surface area contributed by atoms with E-state index in [1.807, 2.05) is 19.1 Å². The van der Waals surface area contributed by atoms with Gasteiger partial charge < -0.3 is 15.6 Å². The number of halogens is 2. The molecule has 1 aliphatic heterocycles. The summed E-state index contributed by atoms with van der Waals surface area (Å²) in [5.74, 6) is -3.18. The Hall–Kier alpha value is -4.24. The van der Waals surface area contributed by atoms with Gasteiger partial charge in [0.1, 0.15) is 10.5 Å². The molecule has 232 valence electrons. The van der Waals surface area contributed by atoms with Crippen molar-refractivity contribution in [3.05, 3.63) is 70.3 Å². The number of nitrogens with two attached hydrogens (primary N) is 1. The number of rotatable bonds is 8. The van der Waals surface area contributed by atoms with Gasteiger partial charge in [0.2, 0.25) is 27.6 Å². The SMILES string of the molecule is Cc1c([C@@H](CC(=O)O)C2=CCC(C)C(CN3CC4(CC4)Oc4ncc(C(N)=O)cc4S3(=O)=O)=C2)ccn2c(C(F)F)nnc12. The number of primary amides is 1. The molecule has 1 spiro atoms. The highest BCUT2D eigenvalue weighted by molar-refractivity contribution is 7.89. The van der Waals surface area contributed by atoms with E-state index >= 15 is 0 Å². The molecule has 0 bridgehead atoms. The number of alkyl halides is 2. The van der Waals surface area contributed by atoms with Gasteiger partial charge in [0.25, 0.3) is 6.43 Å². The minimum Gasteiger partial charge on any atom is -0.481 e. The second-order valence-electron chi connectivity index (χ2n) is 11.6. The van der Waals surface area contributed by atoms with Gasteiger partial charge in [-0.3, -0.25) is 14.0 Å². The maximum atomic E-state index is 14.0. The van der Waals surface area contributed by atoms with E-state index in [4.69, 9.17) is 10.5 Å². The fraction of sp³-hybridized carbons (Fsp3) is 0.414. The average Bonchev–Trinajstić information content (AvgIpc) is 3.58. The molecule has 44 heavy (non-hydrogen) atoms. The van der Waals surface area contributed by atoms with Gasteiger partial charge in [0.05, 0.1) is 18.5 Å². The van der Waals surface area contributed by atoms with Crippen molar-refractivity contribution in [1.82, 2.24) is 23.9 Å². The third-order valence-corrected chi connectivity index (χ3v) is 10.4. The van der Waals surface area contributed by atoms with E-state index in [2.05, 4.69) is 15.2 Å². The van der Waals surface area contributed by atoms with Crippen molar-refractivity contribution in [3.8, 4) is 5.88 Å². The fourth-order valence-corrected chi connectivity index (χ4v) is 7.50. The summed E-state index contributed by atoms with van der Waals surface area (Å²) in [7, 11) is -4.17. The molecule has 12 nitrogen and oxygen atoms in total. The highest BCUT2D eigenvalue weighted by Gasteiger charge is 2.52. The smallest absolute Gasteiger partial charge is 0.304 e. The van der Waals surface area contributed by atoms with E-state index in [-0.39, 0.29) is 47.4 Å².